The molecule has 0 saturated carbocycles. The van der Waals surface area contributed by atoms with E-state index in [4.69, 9.17) is 16.3 Å². The number of halogens is 2. The van der Waals surface area contributed by atoms with Gasteiger partial charge in [0.2, 0.25) is 10.0 Å². The molecule has 106 valence electrons. The summed E-state index contributed by atoms with van der Waals surface area (Å²) in [6, 6.07) is 3.42. The van der Waals surface area contributed by atoms with Gasteiger partial charge in [0.25, 0.3) is 0 Å². The Balaban J connectivity index is 2.22. The van der Waals surface area contributed by atoms with E-state index in [1.807, 2.05) is 6.92 Å². The number of benzene rings is 1. The smallest absolute Gasteiger partial charge is 0.235 e. The molecular weight excluding hydrogens is 354 g/mol. The minimum absolute atomic E-state index is 0.409. The highest BCUT2D eigenvalue weighted by Gasteiger charge is 2.28. The van der Waals surface area contributed by atoms with Gasteiger partial charge in [0.05, 0.1) is 10.9 Å². The maximum absolute atomic E-state index is 12.3. The van der Waals surface area contributed by atoms with Crippen LogP contribution in [0.2, 0.25) is 5.02 Å². The largest absolute Gasteiger partial charge is 0.381 e. The summed E-state index contributed by atoms with van der Waals surface area (Å²) in [5, 5.41) is 0.126. The molecule has 0 unspecified atom stereocenters. The van der Waals surface area contributed by atoms with Crippen molar-refractivity contribution in [3.63, 3.8) is 0 Å². The van der Waals surface area contributed by atoms with Crippen LogP contribution in [0.1, 0.15) is 18.4 Å². The molecule has 1 fully saturated rings. The Morgan fingerprint density at radius 3 is 2.63 bits per heavy atom. The summed E-state index contributed by atoms with van der Waals surface area (Å²) in [4.78, 5) is 0. The minimum atomic E-state index is -3.41. The van der Waals surface area contributed by atoms with Crippen molar-refractivity contribution in [1.29, 1.82) is 0 Å². The molecular formula is C12H15BrClNO3S. The van der Waals surface area contributed by atoms with Crippen molar-refractivity contribution in [3.8, 4) is 0 Å². The van der Waals surface area contributed by atoms with Crippen LogP contribution in [0.3, 0.4) is 0 Å². The van der Waals surface area contributed by atoms with Gasteiger partial charge in [-0.3, -0.25) is 4.72 Å². The summed E-state index contributed by atoms with van der Waals surface area (Å²) >= 11 is 9.37. The van der Waals surface area contributed by atoms with Gasteiger partial charge in [-0.25, -0.2) is 8.42 Å². The molecule has 4 nitrogen and oxygen atoms in total. The summed E-state index contributed by atoms with van der Waals surface area (Å²) in [5.74, 6) is 0. The topological polar surface area (TPSA) is 55.4 Å². The van der Waals surface area contributed by atoms with Crippen molar-refractivity contribution in [3.05, 3.63) is 27.2 Å². The average molecular weight is 369 g/mol. The van der Waals surface area contributed by atoms with Gasteiger partial charge < -0.3 is 4.74 Å². The Bertz CT molecular complexity index is 571. The molecule has 1 aromatic rings. The van der Waals surface area contributed by atoms with E-state index in [0.29, 0.717) is 41.2 Å². The second-order valence-electron chi connectivity index (χ2n) is 4.54. The van der Waals surface area contributed by atoms with Crippen molar-refractivity contribution >= 4 is 43.2 Å². The maximum Gasteiger partial charge on any atom is 0.235 e. The summed E-state index contributed by atoms with van der Waals surface area (Å²) in [6.07, 6.45) is 1.04. The third-order valence-corrected chi connectivity index (χ3v) is 6.02. The van der Waals surface area contributed by atoms with Gasteiger partial charge in [0.1, 0.15) is 0 Å². The van der Waals surface area contributed by atoms with Crippen LogP contribution >= 0.6 is 27.5 Å². The third kappa shape index (κ3) is 3.62. The van der Waals surface area contributed by atoms with E-state index in [2.05, 4.69) is 20.7 Å². The van der Waals surface area contributed by atoms with E-state index in [-0.39, 0.29) is 0 Å². The molecule has 0 spiro atoms. The standard InChI is InChI=1S/C12H15BrClNO3S/c1-8-6-10(13)12(7-11(8)14)15-19(16,17)9-2-4-18-5-3-9/h6-7,9,15H,2-5H2,1H3. The first-order valence-corrected chi connectivity index (χ1v) is 8.67. The molecule has 1 aliphatic heterocycles. The second kappa shape index (κ2) is 5.99. The van der Waals surface area contributed by atoms with Crippen LogP contribution in [-0.4, -0.2) is 26.9 Å². The Morgan fingerprint density at radius 1 is 1.37 bits per heavy atom. The number of hydrogen-bond acceptors (Lipinski definition) is 3. The molecule has 0 bridgehead atoms. The van der Waals surface area contributed by atoms with Crippen LogP contribution in [0.4, 0.5) is 5.69 Å². The highest BCUT2D eigenvalue weighted by Crippen LogP contribution is 2.31. The molecule has 0 aromatic heterocycles. The van der Waals surface area contributed by atoms with Gasteiger partial charge in [-0.1, -0.05) is 11.6 Å². The molecule has 0 aliphatic carbocycles. The first kappa shape index (κ1) is 15.1. The highest BCUT2D eigenvalue weighted by atomic mass is 79.9. The fraction of sp³-hybridized carbons (Fsp3) is 0.500. The molecule has 0 atom stereocenters. The zero-order valence-corrected chi connectivity index (χ0v) is 13.6. The first-order chi connectivity index (χ1) is 8.90. The number of nitrogens with one attached hydrogen (secondary N) is 1. The number of anilines is 1. The molecule has 1 saturated heterocycles. The van der Waals surface area contributed by atoms with Crippen molar-refractivity contribution in [2.75, 3.05) is 17.9 Å². The van der Waals surface area contributed by atoms with Crippen LogP contribution in [0, 0.1) is 6.92 Å². The van der Waals surface area contributed by atoms with Crippen molar-refractivity contribution < 1.29 is 13.2 Å². The van der Waals surface area contributed by atoms with Gasteiger partial charge in [-0.05, 0) is 53.4 Å². The van der Waals surface area contributed by atoms with Crippen molar-refractivity contribution in [2.45, 2.75) is 25.0 Å². The van der Waals surface area contributed by atoms with Gasteiger partial charge in [0, 0.05) is 22.7 Å². The SMILES string of the molecule is Cc1cc(Br)c(NS(=O)(=O)C2CCOCC2)cc1Cl. The quantitative estimate of drug-likeness (QED) is 0.890. The van der Waals surface area contributed by atoms with Gasteiger partial charge >= 0.3 is 0 Å². The van der Waals surface area contributed by atoms with Crippen molar-refractivity contribution in [1.82, 2.24) is 0 Å². The third-order valence-electron chi connectivity index (χ3n) is 3.11. The molecule has 1 N–H and O–H groups in total. The average Bonchev–Trinajstić information content (AvgIpc) is 2.37. The van der Waals surface area contributed by atoms with E-state index in [1.165, 1.54) is 0 Å². The lowest BCUT2D eigenvalue weighted by molar-refractivity contribution is 0.0984. The van der Waals surface area contributed by atoms with Crippen molar-refractivity contribution in [2.24, 2.45) is 0 Å². The number of sulfonamides is 1. The van der Waals surface area contributed by atoms with E-state index >= 15 is 0 Å². The zero-order chi connectivity index (χ0) is 14.0. The van der Waals surface area contributed by atoms with Gasteiger partial charge in [-0.15, -0.1) is 0 Å². The lowest BCUT2D eigenvalue weighted by atomic mass is 10.2. The Labute approximate surface area is 126 Å². The molecule has 1 aliphatic rings. The number of aryl methyl sites for hydroxylation is 1. The lowest BCUT2D eigenvalue weighted by Crippen LogP contribution is -2.33. The Hall–Kier alpha value is -0.300. The number of hydrogen-bond donors (Lipinski definition) is 1. The van der Waals surface area contributed by atoms with Crippen LogP contribution in [0.5, 0.6) is 0 Å². The van der Waals surface area contributed by atoms with Crippen LogP contribution in [-0.2, 0) is 14.8 Å². The summed E-state index contributed by atoms with van der Waals surface area (Å²) < 4.78 is 33.0. The first-order valence-electron chi connectivity index (χ1n) is 5.95. The van der Waals surface area contributed by atoms with E-state index in [0.717, 1.165) is 5.56 Å². The molecule has 7 heteroatoms. The Morgan fingerprint density at radius 2 is 2.00 bits per heavy atom. The predicted molar refractivity (Wildman–Crippen MR) is 80.3 cm³/mol. The van der Waals surface area contributed by atoms with Crippen LogP contribution < -0.4 is 4.72 Å². The maximum atomic E-state index is 12.3. The molecule has 1 aromatic carbocycles. The van der Waals surface area contributed by atoms with E-state index in [1.54, 1.807) is 12.1 Å². The van der Waals surface area contributed by atoms with Crippen LogP contribution in [0.15, 0.2) is 16.6 Å². The monoisotopic (exact) mass is 367 g/mol. The van der Waals surface area contributed by atoms with E-state index in [9.17, 15) is 8.42 Å². The molecule has 2 rings (SSSR count). The molecule has 0 radical (unpaired) electrons. The number of rotatable bonds is 3. The summed E-state index contributed by atoms with van der Waals surface area (Å²) in [7, 11) is -3.41. The molecule has 1 heterocycles. The van der Waals surface area contributed by atoms with Crippen LogP contribution in [0.25, 0.3) is 0 Å². The lowest BCUT2D eigenvalue weighted by Gasteiger charge is -2.23. The van der Waals surface area contributed by atoms with Gasteiger partial charge in [-0.2, -0.15) is 0 Å². The van der Waals surface area contributed by atoms with Gasteiger partial charge in [0.15, 0.2) is 0 Å². The van der Waals surface area contributed by atoms with E-state index < -0.39 is 15.3 Å². The fourth-order valence-electron chi connectivity index (χ4n) is 1.95. The minimum Gasteiger partial charge on any atom is -0.381 e. The zero-order valence-electron chi connectivity index (χ0n) is 10.4. The predicted octanol–water partition coefficient (Wildman–Crippen LogP) is 3.33. The fourth-order valence-corrected chi connectivity index (χ4v) is 4.25. The normalized spacial score (nSPS) is 17.4. The summed E-state index contributed by atoms with van der Waals surface area (Å²) in [5.41, 5.74) is 1.37. The highest BCUT2D eigenvalue weighted by molar-refractivity contribution is 9.10. The summed E-state index contributed by atoms with van der Waals surface area (Å²) in [6.45, 7) is 2.84. The second-order valence-corrected chi connectivity index (χ2v) is 7.76. The molecule has 0 amide bonds. The molecule has 19 heavy (non-hydrogen) atoms. The number of ether oxygens (including phenoxy) is 1. The Kier molecular flexibility index (Phi) is 4.76.